The molecule has 0 saturated carbocycles. The first-order chi connectivity index (χ1) is 30.8. The molecule has 9 nitrogen and oxygen atoms in total. The lowest BCUT2D eigenvalue weighted by Crippen LogP contribution is -2.29. The summed E-state index contributed by atoms with van der Waals surface area (Å²) in [5, 5.41) is 18.4. The Morgan fingerprint density at radius 2 is 0.857 bits per heavy atom. The summed E-state index contributed by atoms with van der Waals surface area (Å²) in [6.07, 6.45) is 55.8. The minimum absolute atomic E-state index is 0.0527. The standard InChI is InChI=1S/C53H103O9P/c1-3-5-7-9-11-13-15-17-19-21-23-24-25-26-28-30-32-34-36-38-40-42-44-46-59-49-52(50-61-63(57,58)60-48-51(55)47-54)62-53(56)45-43-41-39-37-35-33-31-29-27-22-20-18-16-14-12-10-8-6-4-2/h12,14,18,20,51-52,54-55H,3-11,13,15-17,19,21-50H2,1-2H3,(H,57,58)/b14-12-,20-18-. The number of carbonyl (C=O) groups excluding carboxylic acids is 1. The van der Waals surface area contributed by atoms with Crippen molar-refractivity contribution in [3.63, 3.8) is 0 Å². The van der Waals surface area contributed by atoms with Crippen LogP contribution in [0, 0.1) is 0 Å². The number of phosphoric ester groups is 1. The second-order valence-electron chi connectivity index (χ2n) is 18.3. The summed E-state index contributed by atoms with van der Waals surface area (Å²) in [5.74, 6) is -0.381. The molecule has 3 atom stereocenters. The third kappa shape index (κ3) is 50.2. The maximum Gasteiger partial charge on any atom is 0.472 e. The van der Waals surface area contributed by atoms with E-state index in [0.29, 0.717) is 6.61 Å². The summed E-state index contributed by atoms with van der Waals surface area (Å²) in [7, 11) is -4.52. The van der Waals surface area contributed by atoms with E-state index in [1.165, 1.54) is 205 Å². The monoisotopic (exact) mass is 915 g/mol. The van der Waals surface area contributed by atoms with Crippen LogP contribution in [0.2, 0.25) is 0 Å². The maximum absolute atomic E-state index is 12.7. The van der Waals surface area contributed by atoms with Crippen LogP contribution >= 0.6 is 7.82 Å². The third-order valence-corrected chi connectivity index (χ3v) is 12.8. The van der Waals surface area contributed by atoms with Crippen molar-refractivity contribution >= 4 is 13.8 Å². The van der Waals surface area contributed by atoms with Gasteiger partial charge in [-0.1, -0.05) is 237 Å². The molecule has 10 heteroatoms. The Hall–Kier alpha value is -1.06. The molecule has 0 radical (unpaired) electrons. The van der Waals surface area contributed by atoms with E-state index in [1.807, 2.05) is 0 Å². The van der Waals surface area contributed by atoms with Crippen LogP contribution in [0.4, 0.5) is 0 Å². The number of esters is 1. The van der Waals surface area contributed by atoms with Crippen LogP contribution in [0.25, 0.3) is 0 Å². The van der Waals surface area contributed by atoms with Gasteiger partial charge < -0.3 is 24.6 Å². The molecule has 3 N–H and O–H groups in total. The Labute approximate surface area is 389 Å². The molecule has 0 saturated heterocycles. The first-order valence-corrected chi connectivity index (χ1v) is 28.3. The van der Waals surface area contributed by atoms with Crippen LogP contribution in [0.1, 0.15) is 264 Å². The van der Waals surface area contributed by atoms with Crippen molar-refractivity contribution in [1.29, 1.82) is 0 Å². The normalized spacial score (nSPS) is 13.9. The lowest BCUT2D eigenvalue weighted by atomic mass is 10.0. The first-order valence-electron chi connectivity index (χ1n) is 26.8. The van der Waals surface area contributed by atoms with E-state index in [-0.39, 0.29) is 25.6 Å². The van der Waals surface area contributed by atoms with Crippen LogP contribution < -0.4 is 0 Å². The van der Waals surface area contributed by atoms with E-state index in [9.17, 15) is 19.4 Å². The van der Waals surface area contributed by atoms with E-state index in [4.69, 9.17) is 23.6 Å². The van der Waals surface area contributed by atoms with Crippen LogP contribution in [0.5, 0.6) is 0 Å². The molecule has 0 heterocycles. The van der Waals surface area contributed by atoms with Gasteiger partial charge in [0.2, 0.25) is 0 Å². The molecule has 0 aromatic heterocycles. The lowest BCUT2D eigenvalue weighted by Gasteiger charge is -2.20. The van der Waals surface area contributed by atoms with Gasteiger partial charge in [0.05, 0.1) is 26.4 Å². The fourth-order valence-electron chi connectivity index (χ4n) is 7.80. The summed E-state index contributed by atoms with van der Waals surface area (Å²) >= 11 is 0. The minimum atomic E-state index is -4.52. The number of rotatable bonds is 52. The molecule has 0 aromatic carbocycles. The number of phosphoric acid groups is 1. The molecule has 0 aromatic rings. The van der Waals surface area contributed by atoms with Crippen LogP contribution in [0.15, 0.2) is 24.3 Å². The highest BCUT2D eigenvalue weighted by molar-refractivity contribution is 7.47. The van der Waals surface area contributed by atoms with E-state index < -0.39 is 33.2 Å². The SMILES string of the molecule is CCCCC/C=C\C/C=C\CCCCCCCCCCCC(=O)OC(COCCCCCCCCCCCCCCCCCCCCCCCCC)COP(=O)(O)OCC(O)CO. The van der Waals surface area contributed by atoms with Gasteiger partial charge in [-0.25, -0.2) is 4.57 Å². The number of aliphatic hydroxyl groups excluding tert-OH is 2. The second-order valence-corrected chi connectivity index (χ2v) is 19.7. The molecule has 0 rings (SSSR count). The summed E-state index contributed by atoms with van der Waals surface area (Å²) in [4.78, 5) is 22.7. The van der Waals surface area contributed by atoms with Crippen molar-refractivity contribution in [2.75, 3.05) is 33.0 Å². The molecule has 0 spiro atoms. The minimum Gasteiger partial charge on any atom is -0.457 e. The Bertz CT molecular complexity index is 1040. The quantitative estimate of drug-likeness (QED) is 0.0236. The van der Waals surface area contributed by atoms with Gasteiger partial charge in [0, 0.05) is 13.0 Å². The van der Waals surface area contributed by atoms with Gasteiger partial charge in [0.25, 0.3) is 0 Å². The van der Waals surface area contributed by atoms with Crippen molar-refractivity contribution in [3.8, 4) is 0 Å². The van der Waals surface area contributed by atoms with Crippen molar-refractivity contribution in [2.45, 2.75) is 276 Å². The fraction of sp³-hybridized carbons (Fsp3) is 0.906. The van der Waals surface area contributed by atoms with Crippen molar-refractivity contribution in [3.05, 3.63) is 24.3 Å². The number of aliphatic hydroxyl groups is 2. The number of unbranched alkanes of at least 4 members (excludes halogenated alkanes) is 34. The molecule has 374 valence electrons. The van der Waals surface area contributed by atoms with E-state index >= 15 is 0 Å². The molecule has 0 aliphatic carbocycles. The van der Waals surface area contributed by atoms with Crippen molar-refractivity contribution in [2.24, 2.45) is 0 Å². The third-order valence-electron chi connectivity index (χ3n) is 11.9. The van der Waals surface area contributed by atoms with Gasteiger partial charge in [-0.2, -0.15) is 0 Å². The zero-order chi connectivity index (χ0) is 46.0. The van der Waals surface area contributed by atoms with Gasteiger partial charge in [-0.15, -0.1) is 0 Å². The Kier molecular flexibility index (Phi) is 49.5. The second kappa shape index (κ2) is 50.4. The Morgan fingerprint density at radius 3 is 1.30 bits per heavy atom. The van der Waals surface area contributed by atoms with E-state index in [1.54, 1.807) is 0 Å². The molecule has 0 fully saturated rings. The largest absolute Gasteiger partial charge is 0.472 e. The number of hydrogen-bond acceptors (Lipinski definition) is 8. The van der Waals surface area contributed by atoms with Crippen LogP contribution in [-0.2, 0) is 27.9 Å². The average Bonchev–Trinajstić information content (AvgIpc) is 3.28. The molecule has 0 amide bonds. The summed E-state index contributed by atoms with van der Waals surface area (Å²) in [6.45, 7) is 3.55. The average molecular weight is 915 g/mol. The molecule has 63 heavy (non-hydrogen) atoms. The van der Waals surface area contributed by atoms with Crippen molar-refractivity contribution in [1.82, 2.24) is 0 Å². The van der Waals surface area contributed by atoms with Crippen LogP contribution in [0.3, 0.4) is 0 Å². The molecular weight excluding hydrogens is 812 g/mol. The van der Waals surface area contributed by atoms with E-state index in [0.717, 1.165) is 38.5 Å². The zero-order valence-corrected chi connectivity index (χ0v) is 42.2. The van der Waals surface area contributed by atoms with Gasteiger partial charge in [-0.05, 0) is 44.9 Å². The maximum atomic E-state index is 12.7. The number of ether oxygens (including phenoxy) is 2. The predicted octanol–water partition coefficient (Wildman–Crippen LogP) is 15.8. The van der Waals surface area contributed by atoms with Gasteiger partial charge >= 0.3 is 13.8 Å². The number of allylic oxidation sites excluding steroid dienone is 4. The Morgan fingerprint density at radius 1 is 0.492 bits per heavy atom. The van der Waals surface area contributed by atoms with Gasteiger partial charge in [0.1, 0.15) is 12.2 Å². The van der Waals surface area contributed by atoms with Crippen LogP contribution in [-0.4, -0.2) is 66.3 Å². The smallest absolute Gasteiger partial charge is 0.457 e. The zero-order valence-electron chi connectivity index (χ0n) is 41.3. The highest BCUT2D eigenvalue weighted by Gasteiger charge is 2.26. The van der Waals surface area contributed by atoms with E-state index in [2.05, 4.69) is 38.2 Å². The highest BCUT2D eigenvalue weighted by Crippen LogP contribution is 2.43. The summed E-state index contributed by atoms with van der Waals surface area (Å²) in [6, 6.07) is 0. The topological polar surface area (TPSA) is 132 Å². The highest BCUT2D eigenvalue weighted by atomic mass is 31.2. The van der Waals surface area contributed by atoms with Gasteiger partial charge in [-0.3, -0.25) is 13.8 Å². The molecule has 0 aliphatic heterocycles. The molecule has 3 unspecified atom stereocenters. The number of carbonyl (C=O) groups is 1. The lowest BCUT2D eigenvalue weighted by molar-refractivity contribution is -0.154. The summed E-state index contributed by atoms with van der Waals surface area (Å²) < 4.78 is 33.6. The molecule has 0 bridgehead atoms. The molecular formula is C53H103O9P. The first kappa shape index (κ1) is 61.9. The Balaban J connectivity index is 4.01. The summed E-state index contributed by atoms with van der Waals surface area (Å²) in [5.41, 5.74) is 0. The predicted molar refractivity (Wildman–Crippen MR) is 265 cm³/mol. The fourth-order valence-corrected chi connectivity index (χ4v) is 8.59. The number of hydrogen-bond donors (Lipinski definition) is 3. The van der Waals surface area contributed by atoms with Crippen molar-refractivity contribution < 1.29 is 43.0 Å². The molecule has 0 aliphatic rings. The van der Waals surface area contributed by atoms with Gasteiger partial charge in [0.15, 0.2) is 0 Å².